The highest BCUT2D eigenvalue weighted by Crippen LogP contribution is 2.12. The minimum atomic E-state index is -2.35. The lowest BCUT2D eigenvalue weighted by Gasteiger charge is -2.21. The van der Waals surface area contributed by atoms with E-state index in [4.69, 9.17) is 0 Å². The Balaban J connectivity index is 2.67. The quantitative estimate of drug-likeness (QED) is 0.879. The Morgan fingerprint density at radius 3 is 2.56 bits per heavy atom. The van der Waals surface area contributed by atoms with Crippen molar-refractivity contribution in [3.05, 3.63) is 23.9 Å². The summed E-state index contributed by atoms with van der Waals surface area (Å²) in [7, 11) is 1.62. The van der Waals surface area contributed by atoms with Gasteiger partial charge in [0.2, 0.25) is 0 Å². The summed E-state index contributed by atoms with van der Waals surface area (Å²) in [5.41, 5.74) is 0.857. The van der Waals surface area contributed by atoms with Gasteiger partial charge in [-0.15, -0.1) is 0 Å². The van der Waals surface area contributed by atoms with Gasteiger partial charge < -0.3 is 10.2 Å². The predicted molar refractivity (Wildman–Crippen MR) is 70.1 cm³/mol. The molecule has 1 rings (SSSR count). The molecule has 0 aliphatic rings. The average molecular weight is 257 g/mol. The molecular weight excluding hydrogens is 236 g/mol. The molecule has 1 N–H and O–H groups in total. The maximum atomic E-state index is 12.3. The van der Waals surface area contributed by atoms with Crippen molar-refractivity contribution < 1.29 is 8.78 Å². The number of nitrogens with zero attached hydrogens (tertiary/aromatic N) is 2. The smallest absolute Gasteiger partial charge is 0.255 e. The topological polar surface area (TPSA) is 28.2 Å². The summed E-state index contributed by atoms with van der Waals surface area (Å²) in [6.45, 7) is 6.53. The predicted octanol–water partition coefficient (Wildman–Crippen LogP) is 2.67. The van der Waals surface area contributed by atoms with Gasteiger partial charge in [-0.2, -0.15) is 0 Å². The highest BCUT2D eigenvalue weighted by atomic mass is 19.3. The zero-order valence-corrected chi connectivity index (χ0v) is 11.4. The van der Waals surface area contributed by atoms with Gasteiger partial charge >= 0.3 is 0 Å². The Labute approximate surface area is 107 Å². The zero-order chi connectivity index (χ0) is 13.8. The van der Waals surface area contributed by atoms with Gasteiger partial charge in [0.1, 0.15) is 5.82 Å². The molecule has 1 aromatic rings. The van der Waals surface area contributed by atoms with Crippen LogP contribution in [0.15, 0.2) is 18.2 Å². The third-order valence-electron chi connectivity index (χ3n) is 2.39. The first-order valence-electron chi connectivity index (χ1n) is 5.98. The van der Waals surface area contributed by atoms with Crippen LogP contribution in [-0.2, 0) is 6.54 Å². The normalized spacial score (nSPS) is 11.9. The van der Waals surface area contributed by atoms with Crippen molar-refractivity contribution in [1.29, 1.82) is 0 Å². The molecule has 1 aromatic heterocycles. The number of aromatic nitrogens is 1. The van der Waals surface area contributed by atoms with Gasteiger partial charge in [0.25, 0.3) is 6.43 Å². The molecule has 102 valence electrons. The summed E-state index contributed by atoms with van der Waals surface area (Å²) >= 11 is 0. The molecule has 3 nitrogen and oxygen atoms in total. The van der Waals surface area contributed by atoms with Crippen molar-refractivity contribution in [3.8, 4) is 0 Å². The molecule has 0 aliphatic carbocycles. The second-order valence-corrected chi connectivity index (χ2v) is 5.36. The molecule has 0 unspecified atom stereocenters. The van der Waals surface area contributed by atoms with Crippen LogP contribution in [0.25, 0.3) is 0 Å². The Morgan fingerprint density at radius 2 is 2.00 bits per heavy atom. The number of rotatable bonds is 5. The number of hydrogen-bond acceptors (Lipinski definition) is 3. The Hall–Kier alpha value is -1.23. The lowest BCUT2D eigenvalue weighted by molar-refractivity contribution is 0.156. The largest absolute Gasteiger partial charge is 0.354 e. The first kappa shape index (κ1) is 14.8. The highest BCUT2D eigenvalue weighted by Gasteiger charge is 2.11. The van der Waals surface area contributed by atoms with Crippen LogP contribution in [0.1, 0.15) is 26.5 Å². The van der Waals surface area contributed by atoms with Crippen molar-refractivity contribution in [1.82, 2.24) is 10.3 Å². The lowest BCUT2D eigenvalue weighted by Crippen LogP contribution is -2.35. The van der Waals surface area contributed by atoms with Crippen LogP contribution in [0.4, 0.5) is 14.6 Å². The van der Waals surface area contributed by atoms with Gasteiger partial charge in [0.05, 0.1) is 12.2 Å². The van der Waals surface area contributed by atoms with Crippen LogP contribution in [0.5, 0.6) is 0 Å². The fourth-order valence-corrected chi connectivity index (χ4v) is 1.43. The number of anilines is 1. The second-order valence-electron chi connectivity index (χ2n) is 5.36. The summed E-state index contributed by atoms with van der Waals surface area (Å²) in [6, 6.07) is 5.46. The van der Waals surface area contributed by atoms with Crippen molar-refractivity contribution in [2.75, 3.05) is 18.5 Å². The summed E-state index contributed by atoms with van der Waals surface area (Å²) in [5, 5.41) is 3.32. The molecule has 0 fully saturated rings. The summed E-state index contributed by atoms with van der Waals surface area (Å²) in [4.78, 5) is 5.82. The molecule has 18 heavy (non-hydrogen) atoms. The maximum absolute atomic E-state index is 12.3. The van der Waals surface area contributed by atoms with E-state index in [9.17, 15) is 8.78 Å². The van der Waals surface area contributed by atoms with Crippen molar-refractivity contribution in [2.24, 2.45) is 0 Å². The van der Waals surface area contributed by atoms with Gasteiger partial charge in [-0.25, -0.2) is 13.8 Å². The molecule has 0 aromatic carbocycles. The van der Waals surface area contributed by atoms with Crippen LogP contribution >= 0.6 is 0 Å². The molecular formula is C13H21F2N3. The summed E-state index contributed by atoms with van der Waals surface area (Å²) < 4.78 is 24.6. The molecule has 0 radical (unpaired) electrons. The van der Waals surface area contributed by atoms with Crippen LogP contribution < -0.4 is 10.2 Å². The van der Waals surface area contributed by atoms with Gasteiger partial charge in [-0.1, -0.05) is 6.07 Å². The Kier molecular flexibility index (Phi) is 5.02. The second kappa shape index (κ2) is 6.09. The molecule has 0 bridgehead atoms. The van der Waals surface area contributed by atoms with Crippen LogP contribution in [0.2, 0.25) is 0 Å². The fourth-order valence-electron chi connectivity index (χ4n) is 1.43. The van der Waals surface area contributed by atoms with Gasteiger partial charge in [0, 0.05) is 19.1 Å². The lowest BCUT2D eigenvalue weighted by atomic mass is 10.1. The Morgan fingerprint density at radius 1 is 1.33 bits per heavy atom. The van der Waals surface area contributed by atoms with E-state index in [1.165, 1.54) is 4.90 Å². The van der Waals surface area contributed by atoms with Crippen LogP contribution in [-0.4, -0.2) is 30.5 Å². The summed E-state index contributed by atoms with van der Waals surface area (Å²) in [6.07, 6.45) is -2.35. The van der Waals surface area contributed by atoms with E-state index in [-0.39, 0.29) is 12.1 Å². The number of hydrogen-bond donors (Lipinski definition) is 1. The zero-order valence-electron chi connectivity index (χ0n) is 11.4. The number of halogens is 2. The van der Waals surface area contributed by atoms with Gasteiger partial charge in [-0.3, -0.25) is 0 Å². The molecule has 1 heterocycles. The van der Waals surface area contributed by atoms with E-state index >= 15 is 0 Å². The van der Waals surface area contributed by atoms with E-state index in [0.29, 0.717) is 12.4 Å². The van der Waals surface area contributed by atoms with Crippen molar-refractivity contribution in [2.45, 2.75) is 39.3 Å². The third kappa shape index (κ3) is 5.40. The van der Waals surface area contributed by atoms with Crippen molar-refractivity contribution >= 4 is 5.82 Å². The highest BCUT2D eigenvalue weighted by molar-refractivity contribution is 5.38. The standard InChI is InChI=1S/C13H21F2N3/c1-13(2,3)16-8-10-6-5-7-12(17-10)18(4)9-11(14)15/h5-7,11,16H,8-9H2,1-4H3. The summed E-state index contributed by atoms with van der Waals surface area (Å²) in [5.74, 6) is 0.573. The average Bonchev–Trinajstić information content (AvgIpc) is 2.25. The molecule has 0 spiro atoms. The number of alkyl halides is 2. The minimum Gasteiger partial charge on any atom is -0.354 e. The first-order valence-corrected chi connectivity index (χ1v) is 5.98. The van der Waals surface area contributed by atoms with E-state index in [0.717, 1.165) is 5.69 Å². The van der Waals surface area contributed by atoms with Gasteiger partial charge in [0.15, 0.2) is 0 Å². The van der Waals surface area contributed by atoms with Crippen LogP contribution in [0, 0.1) is 0 Å². The van der Waals surface area contributed by atoms with E-state index in [1.54, 1.807) is 13.1 Å². The molecule has 0 saturated heterocycles. The number of nitrogens with one attached hydrogen (secondary N) is 1. The number of pyridine rings is 1. The van der Waals surface area contributed by atoms with Crippen LogP contribution in [0.3, 0.4) is 0 Å². The monoisotopic (exact) mass is 257 g/mol. The minimum absolute atomic E-state index is 0.00651. The van der Waals surface area contributed by atoms with Gasteiger partial charge in [-0.05, 0) is 32.9 Å². The Bertz CT molecular complexity index is 375. The van der Waals surface area contributed by atoms with E-state index in [2.05, 4.69) is 31.1 Å². The first-order chi connectivity index (χ1) is 8.28. The van der Waals surface area contributed by atoms with E-state index < -0.39 is 6.43 Å². The molecule has 5 heteroatoms. The third-order valence-corrected chi connectivity index (χ3v) is 2.39. The molecule has 0 atom stereocenters. The van der Waals surface area contributed by atoms with E-state index in [1.807, 2.05) is 12.1 Å². The fraction of sp³-hybridized carbons (Fsp3) is 0.615. The molecule has 0 saturated carbocycles. The molecule has 0 aliphatic heterocycles. The maximum Gasteiger partial charge on any atom is 0.255 e. The molecule has 0 amide bonds. The SMILES string of the molecule is CN(CC(F)F)c1cccc(CNC(C)(C)C)n1. The van der Waals surface area contributed by atoms with Crippen molar-refractivity contribution in [3.63, 3.8) is 0 Å².